The number of aromatic nitrogens is 2. The van der Waals surface area contributed by atoms with Gasteiger partial charge in [-0.05, 0) is 13.8 Å². The second-order valence-electron chi connectivity index (χ2n) is 5.09. The molecule has 1 aliphatic heterocycles. The maximum Gasteiger partial charge on any atom is 0.0911 e. The van der Waals surface area contributed by atoms with Gasteiger partial charge < -0.3 is 4.74 Å². The van der Waals surface area contributed by atoms with Crippen LogP contribution in [0.2, 0.25) is 0 Å². The van der Waals surface area contributed by atoms with E-state index in [0.29, 0.717) is 6.04 Å². The molecule has 102 valence electrons. The fourth-order valence-corrected chi connectivity index (χ4v) is 2.39. The van der Waals surface area contributed by atoms with Crippen molar-refractivity contribution >= 4 is 0 Å². The minimum Gasteiger partial charge on any atom is -0.374 e. The topological polar surface area (TPSA) is 68.3 Å². The zero-order chi connectivity index (χ0) is 13.1. The summed E-state index contributed by atoms with van der Waals surface area (Å²) >= 11 is 0. The van der Waals surface area contributed by atoms with Crippen LogP contribution in [0.4, 0.5) is 0 Å². The van der Waals surface area contributed by atoms with Crippen molar-refractivity contribution < 1.29 is 4.74 Å². The molecule has 1 aromatic rings. The van der Waals surface area contributed by atoms with Gasteiger partial charge in [-0.25, -0.2) is 0 Å². The van der Waals surface area contributed by atoms with E-state index < -0.39 is 0 Å². The summed E-state index contributed by atoms with van der Waals surface area (Å²) in [5, 5.41) is 4.19. The van der Waals surface area contributed by atoms with Gasteiger partial charge in [-0.15, -0.1) is 0 Å². The van der Waals surface area contributed by atoms with Crippen LogP contribution in [0, 0.1) is 0 Å². The van der Waals surface area contributed by atoms with Gasteiger partial charge in [0.15, 0.2) is 0 Å². The maximum absolute atomic E-state index is 5.85. The van der Waals surface area contributed by atoms with Crippen molar-refractivity contribution in [2.24, 2.45) is 12.9 Å². The lowest BCUT2D eigenvalue weighted by Gasteiger charge is -2.38. The molecule has 1 aliphatic rings. The highest BCUT2D eigenvalue weighted by atomic mass is 16.5. The van der Waals surface area contributed by atoms with Crippen molar-refractivity contribution in [2.45, 2.75) is 32.0 Å². The Bertz CT molecular complexity index is 378. The first-order valence-electron chi connectivity index (χ1n) is 6.42. The van der Waals surface area contributed by atoms with E-state index in [1.54, 1.807) is 4.68 Å². The van der Waals surface area contributed by atoms with Gasteiger partial charge in [-0.3, -0.25) is 20.9 Å². The molecule has 0 spiro atoms. The predicted octanol–water partition coefficient (Wildman–Crippen LogP) is 0.0337. The monoisotopic (exact) mass is 253 g/mol. The Kier molecular flexibility index (Phi) is 4.34. The van der Waals surface area contributed by atoms with Crippen molar-refractivity contribution in [1.82, 2.24) is 20.1 Å². The highest BCUT2D eigenvalue weighted by molar-refractivity contribution is 5.12. The van der Waals surface area contributed by atoms with E-state index in [1.807, 2.05) is 19.4 Å². The quantitative estimate of drug-likeness (QED) is 0.585. The van der Waals surface area contributed by atoms with E-state index in [9.17, 15) is 0 Å². The number of morpholine rings is 1. The lowest BCUT2D eigenvalue weighted by atomic mass is 10.0. The highest BCUT2D eigenvalue weighted by Gasteiger charge is 2.30. The number of ether oxygens (including phenoxy) is 1. The molecule has 6 heteroatoms. The van der Waals surface area contributed by atoms with Gasteiger partial charge >= 0.3 is 0 Å². The Balaban J connectivity index is 2.08. The molecule has 2 unspecified atom stereocenters. The summed E-state index contributed by atoms with van der Waals surface area (Å²) in [6, 6.07) is 0.518. The van der Waals surface area contributed by atoms with Crippen LogP contribution in [0.5, 0.6) is 0 Å². The second-order valence-corrected chi connectivity index (χ2v) is 5.09. The van der Waals surface area contributed by atoms with Crippen LogP contribution in [-0.4, -0.2) is 46.5 Å². The summed E-state index contributed by atoms with van der Waals surface area (Å²) < 4.78 is 7.63. The van der Waals surface area contributed by atoms with Gasteiger partial charge in [-0.1, -0.05) is 0 Å². The Hall–Kier alpha value is -0.950. The zero-order valence-corrected chi connectivity index (χ0v) is 11.3. The lowest BCUT2D eigenvalue weighted by molar-refractivity contribution is -0.0561. The number of nitrogens with two attached hydrogens (primary N) is 1. The molecule has 0 saturated carbocycles. The van der Waals surface area contributed by atoms with Crippen molar-refractivity contribution in [3.8, 4) is 0 Å². The van der Waals surface area contributed by atoms with Crippen molar-refractivity contribution in [3.63, 3.8) is 0 Å². The number of nitrogens with zero attached hydrogens (tertiary/aromatic N) is 3. The van der Waals surface area contributed by atoms with E-state index in [4.69, 9.17) is 10.6 Å². The highest BCUT2D eigenvalue weighted by Crippen LogP contribution is 2.22. The Morgan fingerprint density at radius 1 is 1.56 bits per heavy atom. The number of hydrogen-bond donors (Lipinski definition) is 2. The molecule has 0 bridgehead atoms. The molecule has 3 N–H and O–H groups in total. The summed E-state index contributed by atoms with van der Waals surface area (Å²) in [7, 11) is 1.90. The Labute approximate surface area is 108 Å². The van der Waals surface area contributed by atoms with Gasteiger partial charge in [0, 0.05) is 37.9 Å². The SMILES string of the molecule is CC(C)N1CCOC(C(NN)c2cnn(C)c2)C1. The third-order valence-corrected chi connectivity index (χ3v) is 3.49. The first kappa shape index (κ1) is 13.5. The number of nitrogens with one attached hydrogen (secondary N) is 1. The van der Waals surface area contributed by atoms with Gasteiger partial charge in [0.2, 0.25) is 0 Å². The molecule has 2 heterocycles. The Morgan fingerprint density at radius 3 is 2.89 bits per heavy atom. The Morgan fingerprint density at radius 2 is 2.33 bits per heavy atom. The molecular weight excluding hydrogens is 230 g/mol. The fourth-order valence-electron chi connectivity index (χ4n) is 2.39. The molecule has 2 rings (SSSR count). The van der Waals surface area contributed by atoms with Gasteiger partial charge in [0.1, 0.15) is 0 Å². The van der Waals surface area contributed by atoms with Crippen molar-refractivity contribution in [3.05, 3.63) is 18.0 Å². The number of aryl methyl sites for hydroxylation is 1. The summed E-state index contributed by atoms with van der Waals surface area (Å²) in [5.41, 5.74) is 3.92. The van der Waals surface area contributed by atoms with Crippen LogP contribution in [0.3, 0.4) is 0 Å². The molecular formula is C12H23N5O. The van der Waals surface area contributed by atoms with E-state index >= 15 is 0 Å². The molecule has 0 amide bonds. The zero-order valence-electron chi connectivity index (χ0n) is 11.3. The van der Waals surface area contributed by atoms with Gasteiger partial charge in [-0.2, -0.15) is 5.10 Å². The fraction of sp³-hybridized carbons (Fsp3) is 0.750. The molecule has 0 aromatic carbocycles. The van der Waals surface area contributed by atoms with Gasteiger partial charge in [0.25, 0.3) is 0 Å². The number of rotatable bonds is 4. The first-order valence-corrected chi connectivity index (χ1v) is 6.42. The van der Waals surface area contributed by atoms with Gasteiger partial charge in [0.05, 0.1) is 24.9 Å². The summed E-state index contributed by atoms with van der Waals surface area (Å²) in [6.07, 6.45) is 3.88. The second kappa shape index (κ2) is 5.79. The smallest absolute Gasteiger partial charge is 0.0911 e. The van der Waals surface area contributed by atoms with E-state index in [-0.39, 0.29) is 12.1 Å². The maximum atomic E-state index is 5.85. The van der Waals surface area contributed by atoms with E-state index in [2.05, 4.69) is 29.3 Å². The summed E-state index contributed by atoms with van der Waals surface area (Å²) in [4.78, 5) is 2.41. The van der Waals surface area contributed by atoms with E-state index in [1.165, 1.54) is 0 Å². The van der Waals surface area contributed by atoms with Crippen LogP contribution >= 0.6 is 0 Å². The molecule has 2 atom stereocenters. The molecule has 0 aliphatic carbocycles. The van der Waals surface area contributed by atoms with Crippen LogP contribution in [0.15, 0.2) is 12.4 Å². The number of hydrazine groups is 1. The average Bonchev–Trinajstić information content (AvgIpc) is 2.77. The third kappa shape index (κ3) is 2.89. The summed E-state index contributed by atoms with van der Waals surface area (Å²) in [5.74, 6) is 5.68. The molecule has 1 aromatic heterocycles. The average molecular weight is 253 g/mol. The molecule has 6 nitrogen and oxygen atoms in total. The predicted molar refractivity (Wildman–Crippen MR) is 69.7 cm³/mol. The first-order chi connectivity index (χ1) is 8.61. The van der Waals surface area contributed by atoms with Crippen LogP contribution in [-0.2, 0) is 11.8 Å². The normalized spacial score (nSPS) is 23.5. The van der Waals surface area contributed by atoms with Crippen molar-refractivity contribution in [1.29, 1.82) is 0 Å². The van der Waals surface area contributed by atoms with E-state index in [0.717, 1.165) is 25.3 Å². The van der Waals surface area contributed by atoms with Crippen LogP contribution < -0.4 is 11.3 Å². The molecule has 1 fully saturated rings. The molecule has 0 radical (unpaired) electrons. The lowest BCUT2D eigenvalue weighted by Crippen LogP contribution is -2.51. The largest absolute Gasteiger partial charge is 0.374 e. The summed E-state index contributed by atoms with van der Waals surface area (Å²) in [6.45, 7) is 7.04. The molecule has 1 saturated heterocycles. The van der Waals surface area contributed by atoms with Crippen LogP contribution in [0.1, 0.15) is 25.5 Å². The van der Waals surface area contributed by atoms with Crippen LogP contribution in [0.25, 0.3) is 0 Å². The minimum absolute atomic E-state index is 0.0137. The minimum atomic E-state index is -0.0137. The third-order valence-electron chi connectivity index (χ3n) is 3.49. The standard InChI is InChI=1S/C12H23N5O/c1-9(2)17-4-5-18-11(8-17)12(15-13)10-6-14-16(3)7-10/h6-7,9,11-12,15H,4-5,8,13H2,1-3H3. The number of hydrogen-bond acceptors (Lipinski definition) is 5. The molecule has 18 heavy (non-hydrogen) atoms. The van der Waals surface area contributed by atoms with Crippen molar-refractivity contribution in [2.75, 3.05) is 19.7 Å².